The molecule has 1 fully saturated rings. The minimum absolute atomic E-state index is 0.0351. The zero-order valence-electron chi connectivity index (χ0n) is 11.9. The predicted molar refractivity (Wildman–Crippen MR) is 85.3 cm³/mol. The van der Waals surface area contributed by atoms with E-state index in [1.165, 1.54) is 0 Å². The lowest BCUT2D eigenvalue weighted by atomic mass is 10.1. The van der Waals surface area contributed by atoms with Gasteiger partial charge in [0.1, 0.15) is 5.58 Å². The summed E-state index contributed by atoms with van der Waals surface area (Å²) in [5.41, 5.74) is 6.52. The van der Waals surface area contributed by atoms with Gasteiger partial charge in [-0.05, 0) is 35.1 Å². The molecule has 0 saturated carbocycles. The van der Waals surface area contributed by atoms with E-state index in [9.17, 15) is 4.79 Å². The van der Waals surface area contributed by atoms with Gasteiger partial charge < -0.3 is 20.0 Å². The van der Waals surface area contributed by atoms with Crippen molar-refractivity contribution in [3.8, 4) is 0 Å². The molecule has 5 nitrogen and oxygen atoms in total. The van der Waals surface area contributed by atoms with Gasteiger partial charge in [0, 0.05) is 31.6 Å². The van der Waals surface area contributed by atoms with Gasteiger partial charge in [-0.3, -0.25) is 4.79 Å². The molecule has 1 amide bonds. The molecule has 21 heavy (non-hydrogen) atoms. The molecule has 0 bridgehead atoms. The Labute approximate surface area is 131 Å². The molecule has 1 aromatic heterocycles. The summed E-state index contributed by atoms with van der Waals surface area (Å²) in [6.07, 6.45) is 0. The average Bonchev–Trinajstić information content (AvgIpc) is 2.92. The van der Waals surface area contributed by atoms with Crippen molar-refractivity contribution in [2.75, 3.05) is 33.2 Å². The van der Waals surface area contributed by atoms with Gasteiger partial charge >= 0.3 is 0 Å². The summed E-state index contributed by atoms with van der Waals surface area (Å²) in [5.74, 6) is 0.293. The Hall–Kier alpha value is -1.37. The largest absolute Gasteiger partial charge is 0.450 e. The number of carbonyl (C=O) groups is 1. The SMILES string of the molecule is CN1CCN(C(=O)c2cc3cccc(Br)c3o2)C(CN)C1. The Balaban J connectivity index is 1.91. The Bertz CT molecular complexity index is 670. The van der Waals surface area contributed by atoms with Crippen molar-refractivity contribution in [3.63, 3.8) is 0 Å². The topological polar surface area (TPSA) is 62.7 Å². The number of benzene rings is 1. The first-order chi connectivity index (χ1) is 10.1. The van der Waals surface area contributed by atoms with E-state index in [0.717, 1.165) is 22.9 Å². The number of furan rings is 1. The van der Waals surface area contributed by atoms with E-state index in [1.54, 1.807) is 6.07 Å². The van der Waals surface area contributed by atoms with Crippen LogP contribution in [-0.4, -0.2) is 55.0 Å². The summed E-state index contributed by atoms with van der Waals surface area (Å²) in [4.78, 5) is 16.7. The lowest BCUT2D eigenvalue weighted by Gasteiger charge is -2.39. The molecule has 2 N–H and O–H groups in total. The van der Waals surface area contributed by atoms with Crippen LogP contribution >= 0.6 is 15.9 Å². The second kappa shape index (κ2) is 5.79. The molecule has 1 saturated heterocycles. The van der Waals surface area contributed by atoms with Gasteiger partial charge in [0.2, 0.25) is 0 Å². The van der Waals surface area contributed by atoms with Crippen LogP contribution in [0.2, 0.25) is 0 Å². The first-order valence-corrected chi connectivity index (χ1v) is 7.77. The monoisotopic (exact) mass is 351 g/mol. The summed E-state index contributed by atoms with van der Waals surface area (Å²) >= 11 is 3.44. The van der Waals surface area contributed by atoms with Crippen LogP contribution in [0.5, 0.6) is 0 Å². The lowest BCUT2D eigenvalue weighted by molar-refractivity contribution is 0.0488. The third-order valence-corrected chi connectivity index (χ3v) is 4.55. The van der Waals surface area contributed by atoms with Gasteiger partial charge in [-0.25, -0.2) is 0 Å². The summed E-state index contributed by atoms with van der Waals surface area (Å²) in [6.45, 7) is 2.79. The average molecular weight is 352 g/mol. The van der Waals surface area contributed by atoms with Crippen molar-refractivity contribution in [3.05, 3.63) is 34.5 Å². The Morgan fingerprint density at radius 3 is 3.00 bits per heavy atom. The van der Waals surface area contributed by atoms with Gasteiger partial charge in [-0.2, -0.15) is 0 Å². The molecular formula is C15H18BrN3O2. The number of hydrogen-bond acceptors (Lipinski definition) is 4. The lowest BCUT2D eigenvalue weighted by Crippen LogP contribution is -2.56. The number of rotatable bonds is 2. The van der Waals surface area contributed by atoms with Crippen molar-refractivity contribution in [1.29, 1.82) is 0 Å². The van der Waals surface area contributed by atoms with Crippen molar-refractivity contribution < 1.29 is 9.21 Å². The van der Waals surface area contributed by atoms with Gasteiger partial charge in [0.25, 0.3) is 5.91 Å². The summed E-state index contributed by atoms with van der Waals surface area (Å²) in [7, 11) is 2.04. The molecule has 2 heterocycles. The van der Waals surface area contributed by atoms with Gasteiger partial charge in [0.15, 0.2) is 5.76 Å². The molecule has 1 aliphatic heterocycles. The van der Waals surface area contributed by atoms with Crippen LogP contribution in [0.25, 0.3) is 11.0 Å². The van der Waals surface area contributed by atoms with Gasteiger partial charge in [-0.15, -0.1) is 0 Å². The minimum atomic E-state index is -0.0818. The first kappa shape index (κ1) is 14.6. The molecule has 0 radical (unpaired) electrons. The Kier molecular flexibility index (Phi) is 4.01. The maximum absolute atomic E-state index is 12.7. The molecule has 1 aromatic carbocycles. The number of piperazine rings is 1. The van der Waals surface area contributed by atoms with E-state index in [-0.39, 0.29) is 11.9 Å². The fraction of sp³-hybridized carbons (Fsp3) is 0.400. The van der Waals surface area contributed by atoms with E-state index in [4.69, 9.17) is 10.2 Å². The molecule has 1 unspecified atom stereocenters. The second-order valence-electron chi connectivity index (χ2n) is 5.42. The fourth-order valence-corrected chi connectivity index (χ4v) is 3.22. The maximum Gasteiger partial charge on any atom is 0.289 e. The number of nitrogens with two attached hydrogens (primary N) is 1. The van der Waals surface area contributed by atoms with Crippen LogP contribution in [0.4, 0.5) is 0 Å². The predicted octanol–water partition coefficient (Wildman–Crippen LogP) is 1.91. The molecule has 112 valence electrons. The zero-order chi connectivity index (χ0) is 15.0. The molecule has 0 aliphatic carbocycles. The molecular weight excluding hydrogens is 334 g/mol. The maximum atomic E-state index is 12.7. The number of nitrogens with zero attached hydrogens (tertiary/aromatic N) is 2. The highest BCUT2D eigenvalue weighted by Crippen LogP contribution is 2.28. The van der Waals surface area contributed by atoms with Gasteiger partial charge in [-0.1, -0.05) is 12.1 Å². The van der Waals surface area contributed by atoms with E-state index < -0.39 is 0 Å². The third-order valence-electron chi connectivity index (χ3n) is 3.93. The number of halogens is 1. The van der Waals surface area contributed by atoms with E-state index >= 15 is 0 Å². The van der Waals surface area contributed by atoms with Crippen LogP contribution < -0.4 is 5.73 Å². The van der Waals surface area contributed by atoms with Crippen molar-refractivity contribution >= 4 is 32.8 Å². The number of likely N-dealkylation sites (N-methyl/N-ethyl adjacent to an activating group) is 1. The quantitative estimate of drug-likeness (QED) is 0.897. The van der Waals surface area contributed by atoms with E-state index in [1.807, 2.05) is 30.1 Å². The molecule has 2 aromatic rings. The Morgan fingerprint density at radius 2 is 2.29 bits per heavy atom. The normalized spacial score (nSPS) is 20.1. The number of amides is 1. The second-order valence-corrected chi connectivity index (χ2v) is 6.27. The van der Waals surface area contributed by atoms with Crippen LogP contribution in [0.15, 0.2) is 33.2 Å². The zero-order valence-corrected chi connectivity index (χ0v) is 13.5. The number of fused-ring (bicyclic) bond motifs is 1. The highest BCUT2D eigenvalue weighted by Gasteiger charge is 2.30. The van der Waals surface area contributed by atoms with Crippen molar-refractivity contribution in [2.45, 2.75) is 6.04 Å². The van der Waals surface area contributed by atoms with E-state index in [0.29, 0.717) is 24.4 Å². The summed E-state index contributed by atoms with van der Waals surface area (Å²) < 4.78 is 6.60. The van der Waals surface area contributed by atoms with Crippen LogP contribution in [0.1, 0.15) is 10.6 Å². The third kappa shape index (κ3) is 2.71. The molecule has 6 heteroatoms. The van der Waals surface area contributed by atoms with Crippen LogP contribution in [0.3, 0.4) is 0 Å². The first-order valence-electron chi connectivity index (χ1n) is 6.98. The molecule has 0 spiro atoms. The van der Waals surface area contributed by atoms with Crippen molar-refractivity contribution in [1.82, 2.24) is 9.80 Å². The molecule has 3 rings (SSSR count). The number of carbonyl (C=O) groups excluding carboxylic acids is 1. The Morgan fingerprint density at radius 1 is 1.48 bits per heavy atom. The highest BCUT2D eigenvalue weighted by molar-refractivity contribution is 9.10. The number of para-hydroxylation sites is 1. The van der Waals surface area contributed by atoms with Gasteiger partial charge in [0.05, 0.1) is 10.5 Å². The van der Waals surface area contributed by atoms with E-state index in [2.05, 4.69) is 20.8 Å². The molecule has 1 aliphatic rings. The minimum Gasteiger partial charge on any atom is -0.450 e. The van der Waals surface area contributed by atoms with Crippen LogP contribution in [-0.2, 0) is 0 Å². The summed E-state index contributed by atoms with van der Waals surface area (Å²) in [6, 6.07) is 7.60. The smallest absolute Gasteiger partial charge is 0.289 e. The summed E-state index contributed by atoms with van der Waals surface area (Å²) in [5, 5.41) is 0.922. The van der Waals surface area contributed by atoms with Crippen LogP contribution in [0, 0.1) is 0 Å². The van der Waals surface area contributed by atoms with Crippen molar-refractivity contribution in [2.24, 2.45) is 5.73 Å². The highest BCUT2D eigenvalue weighted by atomic mass is 79.9. The number of hydrogen-bond donors (Lipinski definition) is 1. The molecule has 1 atom stereocenters. The fourth-order valence-electron chi connectivity index (χ4n) is 2.75. The standard InChI is InChI=1S/C15H18BrN3O2/c1-18-5-6-19(11(8-17)9-18)15(20)13-7-10-3-2-4-12(16)14(10)21-13/h2-4,7,11H,5-6,8-9,17H2,1H3.